The zero-order chi connectivity index (χ0) is 32.2. The summed E-state index contributed by atoms with van der Waals surface area (Å²) in [5.74, 6) is -2.07. The molecule has 0 fully saturated rings. The molecule has 2 aromatic rings. The summed E-state index contributed by atoms with van der Waals surface area (Å²) in [5.41, 5.74) is 11.0. The molecule has 0 unspecified atom stereocenters. The van der Waals surface area contributed by atoms with Gasteiger partial charge in [0.1, 0.15) is 5.56 Å². The molecule has 0 spiro atoms. The minimum absolute atomic E-state index is 0.109. The average Bonchev–Trinajstić information content (AvgIpc) is 3.68. The van der Waals surface area contributed by atoms with Gasteiger partial charge in [0.25, 0.3) is 0 Å². The smallest absolute Gasteiger partial charge is 0.349 e. The SMILES string of the molecule is C=CC1=C(C)c2cc3[nH]c(c4c5[nH]c(cc6nc(cc1n2)C(C)=C6CC)c(C)c5C(=O)OC4=O)[C@@H](CCC(=O)OCCC)[C@@H]3C. The van der Waals surface area contributed by atoms with Gasteiger partial charge in [-0.15, -0.1) is 0 Å². The largest absolute Gasteiger partial charge is 0.466 e. The molecule has 6 rings (SSSR count). The third-order valence-electron chi connectivity index (χ3n) is 9.37. The Kier molecular flexibility index (Phi) is 7.81. The van der Waals surface area contributed by atoms with Gasteiger partial charge in [-0.25, -0.2) is 19.6 Å². The van der Waals surface area contributed by atoms with Crippen LogP contribution in [-0.2, 0) is 14.3 Å². The molecule has 232 valence electrons. The molecule has 4 aliphatic rings. The van der Waals surface area contributed by atoms with E-state index < -0.39 is 11.9 Å². The minimum atomic E-state index is -0.733. The molecule has 0 radical (unpaired) electrons. The van der Waals surface area contributed by atoms with Gasteiger partial charge in [-0.05, 0) is 80.5 Å². The number of hydrogen-bond acceptors (Lipinski definition) is 7. The number of carbonyl (C=O) groups excluding carboxylic acids is 3. The molecule has 0 aliphatic carbocycles. The summed E-state index contributed by atoms with van der Waals surface area (Å²) in [7, 11) is 0. The summed E-state index contributed by atoms with van der Waals surface area (Å²) in [6, 6.07) is 5.94. The molecule has 45 heavy (non-hydrogen) atoms. The first kappa shape index (κ1) is 30.2. The van der Waals surface area contributed by atoms with Crippen LogP contribution in [0, 0.1) is 6.92 Å². The summed E-state index contributed by atoms with van der Waals surface area (Å²) in [6.45, 7) is 16.4. The lowest BCUT2D eigenvalue weighted by Gasteiger charge is -2.19. The van der Waals surface area contributed by atoms with E-state index in [1.54, 1.807) is 0 Å². The fourth-order valence-electron chi connectivity index (χ4n) is 6.79. The molecule has 2 aromatic heterocycles. The van der Waals surface area contributed by atoms with Crippen LogP contribution in [0.3, 0.4) is 0 Å². The second kappa shape index (κ2) is 11.6. The predicted octanol–water partition coefficient (Wildman–Crippen LogP) is 7.73. The molecule has 8 bridgehead atoms. The van der Waals surface area contributed by atoms with E-state index >= 15 is 0 Å². The van der Waals surface area contributed by atoms with Crippen LogP contribution in [-0.4, -0.2) is 44.5 Å². The van der Waals surface area contributed by atoms with Crippen molar-refractivity contribution in [1.82, 2.24) is 19.9 Å². The highest BCUT2D eigenvalue weighted by molar-refractivity contribution is 6.18. The van der Waals surface area contributed by atoms with Crippen LogP contribution in [0.15, 0.2) is 30.9 Å². The van der Waals surface area contributed by atoms with Crippen molar-refractivity contribution in [2.75, 3.05) is 6.61 Å². The van der Waals surface area contributed by atoms with Gasteiger partial charge >= 0.3 is 17.9 Å². The average molecular weight is 607 g/mol. The molecular formula is C36H38N4O5. The van der Waals surface area contributed by atoms with Gasteiger partial charge in [0.2, 0.25) is 0 Å². The molecule has 9 heteroatoms. The highest BCUT2D eigenvalue weighted by Gasteiger charge is 2.38. The zero-order valence-corrected chi connectivity index (χ0v) is 26.6. The van der Waals surface area contributed by atoms with Crippen LogP contribution in [0.25, 0.3) is 33.3 Å². The van der Waals surface area contributed by atoms with Gasteiger partial charge in [0.05, 0.1) is 40.5 Å². The number of ether oxygens (including phenoxy) is 2. The van der Waals surface area contributed by atoms with Crippen molar-refractivity contribution < 1.29 is 23.9 Å². The van der Waals surface area contributed by atoms with Crippen molar-refractivity contribution in [1.29, 1.82) is 0 Å². The van der Waals surface area contributed by atoms with Gasteiger partial charge in [-0.3, -0.25) is 4.79 Å². The van der Waals surface area contributed by atoms with Crippen molar-refractivity contribution in [3.05, 3.63) is 81.7 Å². The number of aryl methyl sites for hydroxylation is 1. The van der Waals surface area contributed by atoms with Crippen LogP contribution in [0.1, 0.15) is 133 Å². The maximum Gasteiger partial charge on any atom is 0.349 e. The second-order valence-electron chi connectivity index (χ2n) is 12.0. The van der Waals surface area contributed by atoms with E-state index in [0.29, 0.717) is 40.9 Å². The summed E-state index contributed by atoms with van der Waals surface area (Å²) >= 11 is 0. The number of aromatic amines is 2. The molecule has 0 saturated heterocycles. The third-order valence-corrected chi connectivity index (χ3v) is 9.37. The zero-order valence-electron chi connectivity index (χ0n) is 26.6. The second-order valence-corrected chi connectivity index (χ2v) is 12.0. The molecule has 0 saturated carbocycles. The first-order valence-electron chi connectivity index (χ1n) is 15.6. The number of rotatable bonds is 7. The molecule has 9 nitrogen and oxygen atoms in total. The standard InChI is InChI=1S/C36H38N4O5/c1-8-13-44-30(41)12-11-23-19(6)26-14-24-17(4)21(9-2)28(37-24)15-25-18(5)22(10-3)29(38-25)16-27-20(7)31-34(40-27)32(33(23)39-26)36(43)45-35(31)42/h9,14-16,19,23,39-40H,2,8,10-13H2,1,3-7H3/t19-,23-/m0/s1. The summed E-state index contributed by atoms with van der Waals surface area (Å²) in [4.78, 5) is 56.2. The Bertz CT molecular complexity index is 1940. The summed E-state index contributed by atoms with van der Waals surface area (Å²) in [5, 5.41) is 0. The normalized spacial score (nSPS) is 18.3. The Morgan fingerprint density at radius 1 is 0.978 bits per heavy atom. The van der Waals surface area contributed by atoms with Crippen molar-refractivity contribution in [2.45, 2.75) is 79.1 Å². The van der Waals surface area contributed by atoms with Gasteiger partial charge in [0.15, 0.2) is 0 Å². The maximum absolute atomic E-state index is 13.6. The van der Waals surface area contributed by atoms with E-state index in [2.05, 4.69) is 37.3 Å². The van der Waals surface area contributed by atoms with Crippen molar-refractivity contribution in [3.8, 4) is 0 Å². The van der Waals surface area contributed by atoms with Crippen LogP contribution in [0.5, 0.6) is 0 Å². The topological polar surface area (TPSA) is 127 Å². The molecule has 0 aromatic carbocycles. The van der Waals surface area contributed by atoms with Crippen molar-refractivity contribution in [2.24, 2.45) is 0 Å². The molecule has 4 aliphatic heterocycles. The third kappa shape index (κ3) is 5.00. The summed E-state index contributed by atoms with van der Waals surface area (Å²) in [6.07, 6.45) is 3.94. The van der Waals surface area contributed by atoms with Gasteiger partial charge in [0, 0.05) is 40.7 Å². The van der Waals surface area contributed by atoms with Crippen molar-refractivity contribution >= 4 is 51.2 Å². The van der Waals surface area contributed by atoms with E-state index in [-0.39, 0.29) is 29.8 Å². The fraction of sp³-hybridized carbons (Fsp3) is 0.361. The Labute approximate surface area is 262 Å². The Hall–Kier alpha value is -4.79. The number of esters is 3. The maximum atomic E-state index is 13.6. The van der Waals surface area contributed by atoms with E-state index in [4.69, 9.17) is 19.4 Å². The number of carbonyl (C=O) groups is 3. The molecule has 6 heterocycles. The van der Waals surface area contributed by atoms with Crippen LogP contribution in [0.2, 0.25) is 0 Å². The van der Waals surface area contributed by atoms with Crippen molar-refractivity contribution in [3.63, 3.8) is 0 Å². The Morgan fingerprint density at radius 3 is 2.40 bits per heavy atom. The van der Waals surface area contributed by atoms with E-state index in [0.717, 1.165) is 63.6 Å². The lowest BCUT2D eigenvalue weighted by atomic mass is 9.85. The van der Waals surface area contributed by atoms with E-state index in [1.807, 2.05) is 45.0 Å². The highest BCUT2D eigenvalue weighted by Crippen LogP contribution is 2.44. The number of cyclic esters (lactones) is 2. The Balaban J connectivity index is 1.71. The quantitative estimate of drug-likeness (QED) is 0.244. The number of fused-ring (bicyclic) bond motifs is 8. The van der Waals surface area contributed by atoms with Gasteiger partial charge in [-0.2, -0.15) is 0 Å². The number of H-pyrrole nitrogens is 2. The number of nitrogens with zero attached hydrogens (tertiary/aromatic N) is 2. The highest BCUT2D eigenvalue weighted by atomic mass is 16.6. The fourth-order valence-corrected chi connectivity index (χ4v) is 6.79. The van der Waals surface area contributed by atoms with Gasteiger partial charge < -0.3 is 19.4 Å². The molecule has 2 atom stereocenters. The monoisotopic (exact) mass is 606 g/mol. The van der Waals surface area contributed by atoms with Gasteiger partial charge in [-0.1, -0.05) is 33.4 Å². The number of allylic oxidation sites excluding steroid dienone is 5. The molecular weight excluding hydrogens is 568 g/mol. The van der Waals surface area contributed by atoms with E-state index in [9.17, 15) is 14.4 Å². The van der Waals surface area contributed by atoms with Crippen LogP contribution >= 0.6 is 0 Å². The molecule has 0 amide bonds. The number of aromatic nitrogens is 4. The van der Waals surface area contributed by atoms with E-state index in [1.165, 1.54) is 0 Å². The lowest BCUT2D eigenvalue weighted by molar-refractivity contribution is -0.143. The first-order chi connectivity index (χ1) is 21.6. The minimum Gasteiger partial charge on any atom is -0.466 e. The molecule has 2 N–H and O–H groups in total. The first-order valence-corrected chi connectivity index (χ1v) is 15.6. The Morgan fingerprint density at radius 2 is 1.69 bits per heavy atom. The van der Waals surface area contributed by atoms with Crippen LogP contribution < -0.4 is 0 Å². The van der Waals surface area contributed by atoms with Crippen LogP contribution in [0.4, 0.5) is 0 Å². The summed E-state index contributed by atoms with van der Waals surface area (Å²) < 4.78 is 10.7. The predicted molar refractivity (Wildman–Crippen MR) is 174 cm³/mol. The lowest BCUT2D eigenvalue weighted by Crippen LogP contribution is -2.21. The number of nitrogens with one attached hydrogen (secondary N) is 2. The number of hydrogen-bond donors (Lipinski definition) is 2.